The third-order valence-electron chi connectivity index (χ3n) is 4.99. The number of hydrogen-bond donors (Lipinski definition) is 1. The zero-order valence-corrected chi connectivity index (χ0v) is 15.7. The third kappa shape index (κ3) is 2.82. The first kappa shape index (κ1) is 16.6. The van der Waals surface area contributed by atoms with Crippen LogP contribution in [0.25, 0.3) is 16.9 Å². The fourth-order valence-corrected chi connectivity index (χ4v) is 3.64. The molecule has 1 aliphatic heterocycles. The fourth-order valence-electron chi connectivity index (χ4n) is 3.64. The van der Waals surface area contributed by atoms with Gasteiger partial charge in [0.25, 0.3) is 0 Å². The van der Waals surface area contributed by atoms with E-state index in [1.807, 2.05) is 30.7 Å². The maximum Gasteiger partial charge on any atom is 0.160 e. The molecule has 0 saturated carbocycles. The lowest BCUT2D eigenvalue weighted by Crippen LogP contribution is -2.47. The lowest BCUT2D eigenvalue weighted by molar-refractivity contribution is 0.641. The molecule has 0 amide bonds. The lowest BCUT2D eigenvalue weighted by atomic mass is 10.2. The number of fused-ring (bicyclic) bond motifs is 1. The molecule has 1 N–H and O–H groups in total. The van der Waals surface area contributed by atoms with Crippen molar-refractivity contribution in [1.29, 1.82) is 0 Å². The second-order valence-corrected chi connectivity index (χ2v) is 6.88. The number of nitrogens with zero attached hydrogens (tertiary/aromatic N) is 9. The molecule has 0 aromatic carbocycles. The minimum Gasteiger partial charge on any atom is -0.353 e. The molecule has 4 aromatic heterocycles. The maximum absolute atomic E-state index is 4.52. The van der Waals surface area contributed by atoms with Crippen molar-refractivity contribution in [3.63, 3.8) is 0 Å². The van der Waals surface area contributed by atoms with E-state index in [9.17, 15) is 0 Å². The van der Waals surface area contributed by atoms with E-state index in [4.69, 9.17) is 0 Å². The van der Waals surface area contributed by atoms with Gasteiger partial charge in [-0.25, -0.2) is 24.6 Å². The van der Waals surface area contributed by atoms with E-state index in [1.54, 1.807) is 18.9 Å². The quantitative estimate of drug-likeness (QED) is 0.570. The fraction of sp³-hybridized carbons (Fsp3) is 0.333. The summed E-state index contributed by atoms with van der Waals surface area (Å²) in [6.45, 7) is 7.38. The summed E-state index contributed by atoms with van der Waals surface area (Å²) in [5.74, 6) is 2.62. The molecule has 4 aromatic rings. The van der Waals surface area contributed by atoms with Crippen LogP contribution < -0.4 is 9.80 Å². The average molecular weight is 376 g/mol. The van der Waals surface area contributed by atoms with Crippen LogP contribution >= 0.6 is 0 Å². The molecule has 28 heavy (non-hydrogen) atoms. The van der Waals surface area contributed by atoms with Crippen LogP contribution in [0.5, 0.6) is 0 Å². The van der Waals surface area contributed by atoms with Crippen LogP contribution in [0.2, 0.25) is 0 Å². The van der Waals surface area contributed by atoms with Gasteiger partial charge < -0.3 is 9.80 Å². The first-order valence-electron chi connectivity index (χ1n) is 9.19. The summed E-state index contributed by atoms with van der Waals surface area (Å²) in [5, 5.41) is 12.4. The summed E-state index contributed by atoms with van der Waals surface area (Å²) in [7, 11) is 0. The Balaban J connectivity index is 1.35. The minimum atomic E-state index is 0.762. The standard InChI is InChI=1S/C18H20N10/c1-12-7-13(2)28(25-12)16-8-15(19-10-20-16)26-3-5-27(6-4-26)18-14-9-23-24-17(14)21-11-22-18/h7-11H,3-6H2,1-2H3,(H,21,22,23,24). The molecule has 0 atom stereocenters. The van der Waals surface area contributed by atoms with E-state index in [-0.39, 0.29) is 0 Å². The summed E-state index contributed by atoms with van der Waals surface area (Å²) >= 11 is 0. The van der Waals surface area contributed by atoms with Gasteiger partial charge in [-0.3, -0.25) is 5.10 Å². The monoisotopic (exact) mass is 376 g/mol. The highest BCUT2D eigenvalue weighted by Gasteiger charge is 2.22. The van der Waals surface area contributed by atoms with Crippen molar-refractivity contribution in [2.75, 3.05) is 36.0 Å². The van der Waals surface area contributed by atoms with Gasteiger partial charge in [0.05, 0.1) is 17.3 Å². The van der Waals surface area contributed by atoms with E-state index in [0.29, 0.717) is 0 Å². The molecule has 0 aliphatic carbocycles. The van der Waals surface area contributed by atoms with Gasteiger partial charge in [0, 0.05) is 37.9 Å². The smallest absolute Gasteiger partial charge is 0.160 e. The Morgan fingerprint density at radius 2 is 1.61 bits per heavy atom. The number of hydrogen-bond acceptors (Lipinski definition) is 8. The zero-order chi connectivity index (χ0) is 19.1. The molecule has 5 rings (SSSR count). The Bertz CT molecular complexity index is 1120. The number of H-pyrrole nitrogens is 1. The number of nitrogens with one attached hydrogen (secondary N) is 1. The summed E-state index contributed by atoms with van der Waals surface area (Å²) < 4.78 is 1.85. The van der Waals surface area contributed by atoms with Gasteiger partial charge in [0.2, 0.25) is 0 Å². The van der Waals surface area contributed by atoms with Crippen LogP contribution in [0, 0.1) is 13.8 Å². The SMILES string of the molecule is Cc1cc(C)n(-c2cc(N3CCN(c4ncnc5[nH]ncc45)CC3)ncn2)n1. The number of rotatable bonds is 3. The maximum atomic E-state index is 4.52. The van der Waals surface area contributed by atoms with Crippen LogP contribution in [0.1, 0.15) is 11.4 Å². The van der Waals surface area contributed by atoms with Gasteiger partial charge >= 0.3 is 0 Å². The molecule has 10 heteroatoms. The topological polar surface area (TPSA) is 105 Å². The van der Waals surface area contributed by atoms with Crippen LogP contribution in [-0.4, -0.2) is 66.1 Å². The average Bonchev–Trinajstić information content (AvgIpc) is 3.34. The lowest BCUT2D eigenvalue weighted by Gasteiger charge is -2.36. The Labute approximate surface area is 161 Å². The molecule has 1 aliphatic rings. The zero-order valence-electron chi connectivity index (χ0n) is 15.7. The van der Waals surface area contributed by atoms with Gasteiger partial charge in [-0.05, 0) is 19.9 Å². The van der Waals surface area contributed by atoms with E-state index < -0.39 is 0 Å². The molecule has 0 spiro atoms. The number of anilines is 2. The van der Waals surface area contributed by atoms with Crippen molar-refractivity contribution >= 4 is 22.7 Å². The van der Waals surface area contributed by atoms with Crippen molar-refractivity contribution in [3.8, 4) is 5.82 Å². The molecule has 0 radical (unpaired) electrons. The minimum absolute atomic E-state index is 0.762. The molecular weight excluding hydrogens is 356 g/mol. The van der Waals surface area contributed by atoms with Gasteiger partial charge in [-0.2, -0.15) is 10.2 Å². The van der Waals surface area contributed by atoms with E-state index in [2.05, 4.69) is 45.0 Å². The third-order valence-corrected chi connectivity index (χ3v) is 4.99. The number of piperazine rings is 1. The van der Waals surface area contributed by atoms with Crippen LogP contribution in [0.3, 0.4) is 0 Å². The predicted molar refractivity (Wildman–Crippen MR) is 105 cm³/mol. The normalized spacial score (nSPS) is 14.8. The summed E-state index contributed by atoms with van der Waals surface area (Å²) in [5.41, 5.74) is 2.79. The van der Waals surface area contributed by atoms with Gasteiger partial charge in [0.1, 0.15) is 24.3 Å². The molecule has 0 unspecified atom stereocenters. The van der Waals surface area contributed by atoms with Crippen molar-refractivity contribution < 1.29 is 0 Å². The second-order valence-electron chi connectivity index (χ2n) is 6.88. The van der Waals surface area contributed by atoms with Crippen molar-refractivity contribution in [2.24, 2.45) is 0 Å². The largest absolute Gasteiger partial charge is 0.353 e. The van der Waals surface area contributed by atoms with E-state index in [1.165, 1.54) is 0 Å². The number of aryl methyl sites for hydroxylation is 2. The molecule has 142 valence electrons. The van der Waals surface area contributed by atoms with Gasteiger partial charge in [-0.1, -0.05) is 0 Å². The molecule has 10 nitrogen and oxygen atoms in total. The molecule has 1 saturated heterocycles. The first-order valence-corrected chi connectivity index (χ1v) is 9.19. The Hall–Kier alpha value is -3.56. The molecule has 5 heterocycles. The van der Waals surface area contributed by atoms with Gasteiger partial charge in [-0.15, -0.1) is 0 Å². The van der Waals surface area contributed by atoms with Crippen LogP contribution in [0.4, 0.5) is 11.6 Å². The highest BCUT2D eigenvalue weighted by Crippen LogP contribution is 2.24. The number of aromatic amines is 1. The molecule has 0 bridgehead atoms. The van der Waals surface area contributed by atoms with Crippen molar-refractivity contribution in [3.05, 3.63) is 42.4 Å². The van der Waals surface area contributed by atoms with E-state index in [0.717, 1.165) is 66.1 Å². The highest BCUT2D eigenvalue weighted by molar-refractivity contribution is 5.86. The van der Waals surface area contributed by atoms with Crippen LogP contribution in [-0.2, 0) is 0 Å². The Morgan fingerprint density at radius 3 is 2.39 bits per heavy atom. The summed E-state index contributed by atoms with van der Waals surface area (Å²) in [4.78, 5) is 22.1. The van der Waals surface area contributed by atoms with Crippen molar-refractivity contribution in [1.82, 2.24) is 39.9 Å². The van der Waals surface area contributed by atoms with E-state index >= 15 is 0 Å². The van der Waals surface area contributed by atoms with Crippen LogP contribution in [0.15, 0.2) is 31.0 Å². The number of aromatic nitrogens is 8. The summed E-state index contributed by atoms with van der Waals surface area (Å²) in [6, 6.07) is 4.03. The predicted octanol–water partition coefficient (Wildman–Crippen LogP) is 1.27. The van der Waals surface area contributed by atoms with Gasteiger partial charge in [0.15, 0.2) is 11.5 Å². The summed E-state index contributed by atoms with van der Waals surface area (Å²) in [6.07, 6.45) is 4.96. The highest BCUT2D eigenvalue weighted by atomic mass is 15.3. The second kappa shape index (κ2) is 6.55. The Kier molecular flexibility index (Phi) is 3.89. The first-order chi connectivity index (χ1) is 13.7. The molecular formula is C18H20N10. The van der Waals surface area contributed by atoms with Crippen molar-refractivity contribution in [2.45, 2.75) is 13.8 Å². The Morgan fingerprint density at radius 1 is 0.857 bits per heavy atom. The molecule has 1 fully saturated rings.